The van der Waals surface area contributed by atoms with Gasteiger partial charge in [-0.15, -0.1) is 0 Å². The largest absolute Gasteiger partial charge is 0.503 e. The van der Waals surface area contributed by atoms with Crippen molar-refractivity contribution in [1.29, 1.82) is 0 Å². The molecule has 4 rings (SSSR count). The van der Waals surface area contributed by atoms with Gasteiger partial charge in [0.15, 0.2) is 11.5 Å². The summed E-state index contributed by atoms with van der Waals surface area (Å²) in [5.74, 6) is 0.0643. The Kier molecular flexibility index (Phi) is 5.09. The number of ether oxygens (including phenoxy) is 1. The number of carbonyl (C=O) groups excluding carboxylic acids is 1. The molecular weight excluding hydrogens is 422 g/mol. The van der Waals surface area contributed by atoms with E-state index in [9.17, 15) is 9.90 Å². The van der Waals surface area contributed by atoms with Crippen LogP contribution in [0.1, 0.15) is 40.0 Å². The molecule has 1 amide bonds. The minimum Gasteiger partial charge on any atom is -0.503 e. The molecular formula is C21H20BrN3O3. The Hall–Kier alpha value is -2.80. The average Bonchev–Trinajstić information content (AvgIpc) is 3.09. The van der Waals surface area contributed by atoms with E-state index in [-0.39, 0.29) is 11.7 Å². The van der Waals surface area contributed by atoms with Crippen molar-refractivity contribution >= 4 is 39.0 Å². The van der Waals surface area contributed by atoms with Crippen LogP contribution in [0.4, 0.5) is 0 Å². The first kappa shape index (κ1) is 18.6. The monoisotopic (exact) mass is 441 g/mol. The fraction of sp³-hybridized carbons (Fsp3) is 0.238. The lowest BCUT2D eigenvalue weighted by atomic mass is 9.95. The minimum absolute atomic E-state index is 0.0135. The van der Waals surface area contributed by atoms with Gasteiger partial charge in [0.1, 0.15) is 0 Å². The van der Waals surface area contributed by atoms with Gasteiger partial charge in [-0.3, -0.25) is 4.79 Å². The number of aromatic nitrogens is 1. The summed E-state index contributed by atoms with van der Waals surface area (Å²) in [6.07, 6.45) is 5.98. The Labute approximate surface area is 170 Å². The number of methoxy groups -OCH3 is 1. The van der Waals surface area contributed by atoms with Crippen molar-refractivity contribution in [2.24, 2.45) is 5.10 Å². The summed E-state index contributed by atoms with van der Waals surface area (Å²) < 4.78 is 5.50. The second-order valence-electron chi connectivity index (χ2n) is 6.77. The van der Waals surface area contributed by atoms with Crippen LogP contribution in [-0.4, -0.2) is 29.3 Å². The first-order valence-corrected chi connectivity index (χ1v) is 9.90. The number of hydrogen-bond acceptors (Lipinski definition) is 4. The van der Waals surface area contributed by atoms with Gasteiger partial charge in [0.2, 0.25) is 0 Å². The molecule has 1 heterocycles. The van der Waals surface area contributed by atoms with Gasteiger partial charge in [0, 0.05) is 27.7 Å². The number of hydrazone groups is 1. The quantitative estimate of drug-likeness (QED) is 0.416. The minimum atomic E-state index is -0.280. The fourth-order valence-corrected chi connectivity index (χ4v) is 4.03. The van der Waals surface area contributed by atoms with Crippen molar-refractivity contribution in [1.82, 2.24) is 10.4 Å². The number of aromatic amines is 1. The number of phenols is 1. The first-order chi connectivity index (χ1) is 13.6. The summed E-state index contributed by atoms with van der Waals surface area (Å²) in [4.78, 5) is 16.0. The number of halogens is 1. The molecule has 1 aliphatic rings. The van der Waals surface area contributed by atoms with Gasteiger partial charge in [-0.1, -0.05) is 0 Å². The van der Waals surface area contributed by atoms with Crippen LogP contribution in [-0.2, 0) is 12.8 Å². The molecule has 0 radical (unpaired) electrons. The van der Waals surface area contributed by atoms with E-state index in [1.807, 2.05) is 12.1 Å². The molecule has 28 heavy (non-hydrogen) atoms. The van der Waals surface area contributed by atoms with Gasteiger partial charge in [-0.05, 0) is 77.5 Å². The molecule has 144 valence electrons. The van der Waals surface area contributed by atoms with E-state index in [4.69, 9.17) is 4.74 Å². The van der Waals surface area contributed by atoms with Gasteiger partial charge in [-0.2, -0.15) is 5.10 Å². The van der Waals surface area contributed by atoms with Crippen molar-refractivity contribution < 1.29 is 14.6 Å². The molecule has 0 saturated carbocycles. The number of carbonyl (C=O) groups is 1. The number of amides is 1. The number of H-pyrrole nitrogens is 1. The van der Waals surface area contributed by atoms with Gasteiger partial charge < -0.3 is 14.8 Å². The molecule has 0 fully saturated rings. The number of phenolic OH excluding ortho intramolecular Hbond substituents is 1. The van der Waals surface area contributed by atoms with Crippen LogP contribution < -0.4 is 10.2 Å². The Balaban J connectivity index is 1.52. The molecule has 2 aromatic carbocycles. The topological polar surface area (TPSA) is 86.7 Å². The Bertz CT molecular complexity index is 1090. The predicted octanol–water partition coefficient (Wildman–Crippen LogP) is 4.29. The normalized spacial score (nSPS) is 13.6. The fourth-order valence-electron chi connectivity index (χ4n) is 3.60. The van der Waals surface area contributed by atoms with E-state index >= 15 is 0 Å². The molecule has 7 heteroatoms. The summed E-state index contributed by atoms with van der Waals surface area (Å²) in [6, 6.07) is 9.04. The van der Waals surface area contributed by atoms with Crippen LogP contribution in [0.2, 0.25) is 0 Å². The molecule has 0 atom stereocenters. The molecule has 1 aliphatic carbocycles. The van der Waals surface area contributed by atoms with Gasteiger partial charge in [0.05, 0.1) is 17.8 Å². The molecule has 0 saturated heterocycles. The lowest BCUT2D eigenvalue weighted by Crippen LogP contribution is -2.17. The number of fused-ring (bicyclic) bond motifs is 3. The van der Waals surface area contributed by atoms with E-state index in [2.05, 4.69) is 31.4 Å². The summed E-state index contributed by atoms with van der Waals surface area (Å²) >= 11 is 3.30. The SMILES string of the molecule is COc1ccc(/C=N/NC(=O)c2ccc3[nH]c4c(c3c2)CCCC4)c(Br)c1O. The number of nitrogens with one attached hydrogen (secondary N) is 2. The van der Waals surface area contributed by atoms with Crippen LogP contribution in [0.25, 0.3) is 10.9 Å². The average molecular weight is 442 g/mol. The van der Waals surface area contributed by atoms with Crippen LogP contribution in [0.3, 0.4) is 0 Å². The van der Waals surface area contributed by atoms with Crippen molar-refractivity contribution in [3.05, 3.63) is 57.2 Å². The second kappa shape index (κ2) is 7.67. The number of hydrogen-bond donors (Lipinski definition) is 3. The zero-order valence-electron chi connectivity index (χ0n) is 15.4. The highest BCUT2D eigenvalue weighted by Crippen LogP contribution is 2.35. The second-order valence-corrected chi connectivity index (χ2v) is 7.56. The number of benzene rings is 2. The smallest absolute Gasteiger partial charge is 0.271 e. The maximum atomic E-state index is 12.5. The highest BCUT2D eigenvalue weighted by atomic mass is 79.9. The zero-order chi connectivity index (χ0) is 19.7. The molecule has 0 spiro atoms. The molecule has 0 aliphatic heterocycles. The van der Waals surface area contributed by atoms with E-state index in [0.717, 1.165) is 23.7 Å². The van der Waals surface area contributed by atoms with Crippen molar-refractivity contribution in [3.63, 3.8) is 0 Å². The van der Waals surface area contributed by atoms with Crippen LogP contribution in [0.5, 0.6) is 11.5 Å². The molecule has 0 unspecified atom stereocenters. The highest BCUT2D eigenvalue weighted by molar-refractivity contribution is 9.10. The summed E-state index contributed by atoms with van der Waals surface area (Å²) in [6.45, 7) is 0. The lowest BCUT2D eigenvalue weighted by Gasteiger charge is -2.10. The van der Waals surface area contributed by atoms with E-state index in [1.54, 1.807) is 18.2 Å². The Morgan fingerprint density at radius 2 is 2.11 bits per heavy atom. The van der Waals surface area contributed by atoms with Gasteiger partial charge in [-0.25, -0.2) is 5.43 Å². The number of aryl methyl sites for hydroxylation is 2. The number of rotatable bonds is 4. The molecule has 1 aromatic heterocycles. The lowest BCUT2D eigenvalue weighted by molar-refractivity contribution is 0.0955. The standard InChI is InChI=1S/C21H20BrN3O3/c1-28-18-9-7-13(19(22)20(18)26)11-23-25-21(27)12-6-8-17-15(10-12)14-4-2-3-5-16(14)24-17/h6-11,24,26H,2-5H2,1H3,(H,25,27)/b23-11+. The Morgan fingerprint density at radius 1 is 1.29 bits per heavy atom. The van der Waals surface area contributed by atoms with Crippen molar-refractivity contribution in [3.8, 4) is 11.5 Å². The summed E-state index contributed by atoms with van der Waals surface area (Å²) in [5, 5.41) is 15.2. The predicted molar refractivity (Wildman–Crippen MR) is 112 cm³/mol. The third-order valence-corrected chi connectivity index (χ3v) is 5.89. The molecule has 0 bridgehead atoms. The number of nitrogens with zero attached hydrogens (tertiary/aromatic N) is 1. The van der Waals surface area contributed by atoms with Crippen LogP contribution in [0, 0.1) is 0 Å². The summed E-state index contributed by atoms with van der Waals surface area (Å²) in [5.41, 5.74) is 7.43. The van der Waals surface area contributed by atoms with Crippen molar-refractivity contribution in [2.45, 2.75) is 25.7 Å². The zero-order valence-corrected chi connectivity index (χ0v) is 17.0. The molecule has 3 N–H and O–H groups in total. The van der Waals surface area contributed by atoms with Crippen LogP contribution in [0.15, 0.2) is 39.9 Å². The van der Waals surface area contributed by atoms with E-state index in [0.29, 0.717) is 21.3 Å². The maximum Gasteiger partial charge on any atom is 0.271 e. The van der Waals surface area contributed by atoms with Gasteiger partial charge in [0.25, 0.3) is 5.91 Å². The van der Waals surface area contributed by atoms with Crippen LogP contribution >= 0.6 is 15.9 Å². The van der Waals surface area contributed by atoms with Crippen molar-refractivity contribution in [2.75, 3.05) is 7.11 Å². The first-order valence-electron chi connectivity index (χ1n) is 9.11. The Morgan fingerprint density at radius 3 is 2.93 bits per heavy atom. The maximum absolute atomic E-state index is 12.5. The summed E-state index contributed by atoms with van der Waals surface area (Å²) in [7, 11) is 1.48. The van der Waals surface area contributed by atoms with E-state index in [1.165, 1.54) is 37.4 Å². The number of aromatic hydroxyl groups is 1. The third kappa shape index (κ3) is 3.38. The highest BCUT2D eigenvalue weighted by Gasteiger charge is 2.16. The third-order valence-electron chi connectivity index (χ3n) is 5.06. The molecule has 6 nitrogen and oxygen atoms in total. The van der Waals surface area contributed by atoms with E-state index < -0.39 is 0 Å². The van der Waals surface area contributed by atoms with Gasteiger partial charge >= 0.3 is 0 Å². The molecule has 3 aromatic rings.